The maximum atomic E-state index is 11.1. The molecule has 4 nitrogen and oxygen atoms in total. The third kappa shape index (κ3) is 4.58. The number of hydrogen-bond donors (Lipinski definition) is 2. The van der Waals surface area contributed by atoms with E-state index in [0.29, 0.717) is 11.8 Å². The maximum Gasteiger partial charge on any atom is 0.237 e. The summed E-state index contributed by atoms with van der Waals surface area (Å²) in [6.45, 7) is 10.4. The lowest BCUT2D eigenvalue weighted by Gasteiger charge is -2.19. The van der Waals surface area contributed by atoms with Crippen molar-refractivity contribution in [3.63, 3.8) is 0 Å². The van der Waals surface area contributed by atoms with E-state index in [-0.39, 0.29) is 18.1 Å². The predicted octanol–water partition coefficient (Wildman–Crippen LogP) is 1.54. The maximum absolute atomic E-state index is 11.1. The van der Waals surface area contributed by atoms with Crippen LogP contribution in [0.5, 0.6) is 0 Å². The Hall–Kier alpha value is -0.610. The molecule has 2 rings (SSSR count). The van der Waals surface area contributed by atoms with Crippen molar-refractivity contribution in [1.29, 1.82) is 0 Å². The smallest absolute Gasteiger partial charge is 0.237 e. The zero-order chi connectivity index (χ0) is 13.7. The van der Waals surface area contributed by atoms with Gasteiger partial charge in [-0.15, -0.1) is 0 Å². The number of ether oxygens (including phenoxy) is 1. The number of fused-ring (bicyclic) bond motifs is 1. The van der Waals surface area contributed by atoms with Crippen LogP contribution >= 0.6 is 0 Å². The van der Waals surface area contributed by atoms with Gasteiger partial charge >= 0.3 is 0 Å². The minimum Gasteiger partial charge on any atom is -0.376 e. The van der Waals surface area contributed by atoms with Gasteiger partial charge in [0, 0.05) is 13.2 Å². The molecule has 4 atom stereocenters. The predicted molar refractivity (Wildman–Crippen MR) is 73.1 cm³/mol. The van der Waals surface area contributed by atoms with Gasteiger partial charge in [-0.1, -0.05) is 27.7 Å². The molecule has 0 aromatic heterocycles. The molecular formula is C14H28N2O2. The van der Waals surface area contributed by atoms with Gasteiger partial charge in [0.25, 0.3) is 0 Å². The summed E-state index contributed by atoms with van der Waals surface area (Å²) in [5.74, 6) is 1.70. The molecule has 0 radical (unpaired) electrons. The topological polar surface area (TPSA) is 64.3 Å². The first kappa shape index (κ1) is 15.4. The van der Waals surface area contributed by atoms with E-state index in [2.05, 4.69) is 33.0 Å². The highest BCUT2D eigenvalue weighted by Gasteiger charge is 2.41. The first-order valence-corrected chi connectivity index (χ1v) is 7.06. The largest absolute Gasteiger partial charge is 0.376 e. The van der Waals surface area contributed by atoms with Crippen molar-refractivity contribution in [3.05, 3.63) is 0 Å². The summed E-state index contributed by atoms with van der Waals surface area (Å²) in [5, 5.41) is 3.15. The van der Waals surface area contributed by atoms with Gasteiger partial charge in [-0.2, -0.15) is 0 Å². The van der Waals surface area contributed by atoms with Gasteiger partial charge in [0.05, 0.1) is 6.10 Å². The molecule has 0 aromatic carbocycles. The van der Waals surface area contributed by atoms with Crippen LogP contribution in [0.2, 0.25) is 0 Å². The summed E-state index contributed by atoms with van der Waals surface area (Å²) in [6.07, 6.45) is 2.25. The quantitative estimate of drug-likeness (QED) is 0.748. The highest BCUT2D eigenvalue weighted by Crippen LogP contribution is 2.29. The Kier molecular flexibility index (Phi) is 6.09. The van der Waals surface area contributed by atoms with Crippen molar-refractivity contribution >= 4 is 5.91 Å². The van der Waals surface area contributed by atoms with Crippen LogP contribution in [0.4, 0.5) is 0 Å². The van der Waals surface area contributed by atoms with Gasteiger partial charge in [0.2, 0.25) is 5.91 Å². The Morgan fingerprint density at radius 1 is 1.39 bits per heavy atom. The molecule has 106 valence electrons. The molecule has 2 fully saturated rings. The highest BCUT2D eigenvalue weighted by atomic mass is 16.5. The summed E-state index contributed by atoms with van der Waals surface area (Å²) in [5.41, 5.74) is 5.31. The number of nitrogens with two attached hydrogens (primary N) is 1. The van der Waals surface area contributed by atoms with Gasteiger partial charge in [-0.3, -0.25) is 4.79 Å². The fourth-order valence-electron chi connectivity index (χ4n) is 2.54. The zero-order valence-corrected chi connectivity index (χ0v) is 12.1. The van der Waals surface area contributed by atoms with Crippen LogP contribution in [-0.4, -0.2) is 31.2 Å². The number of nitrogens with one attached hydrogen (secondary N) is 1. The van der Waals surface area contributed by atoms with Crippen molar-refractivity contribution in [3.8, 4) is 0 Å². The Bertz CT molecular complexity index is 266. The lowest BCUT2D eigenvalue weighted by molar-refractivity contribution is -0.123. The third-order valence-corrected chi connectivity index (χ3v) is 3.33. The highest BCUT2D eigenvalue weighted by molar-refractivity contribution is 5.81. The Balaban J connectivity index is 0.000000357. The summed E-state index contributed by atoms with van der Waals surface area (Å²) >= 11 is 0. The van der Waals surface area contributed by atoms with Crippen LogP contribution < -0.4 is 11.1 Å². The molecule has 1 amide bonds. The van der Waals surface area contributed by atoms with E-state index in [1.54, 1.807) is 0 Å². The molecule has 0 spiro atoms. The molecule has 0 saturated carbocycles. The van der Waals surface area contributed by atoms with Gasteiger partial charge in [-0.25, -0.2) is 0 Å². The van der Waals surface area contributed by atoms with E-state index in [9.17, 15) is 4.79 Å². The molecule has 2 aliphatic heterocycles. The van der Waals surface area contributed by atoms with Crippen molar-refractivity contribution in [2.24, 2.45) is 23.5 Å². The molecule has 0 bridgehead atoms. The Labute approximate surface area is 111 Å². The van der Waals surface area contributed by atoms with Gasteiger partial charge in [0.1, 0.15) is 6.04 Å². The molecular weight excluding hydrogens is 228 g/mol. The summed E-state index contributed by atoms with van der Waals surface area (Å²) in [6, 6.07) is -0.273. The number of carbonyl (C=O) groups excluding carboxylic acids is 1. The van der Waals surface area contributed by atoms with Crippen molar-refractivity contribution in [2.45, 2.75) is 52.7 Å². The van der Waals surface area contributed by atoms with Crippen LogP contribution in [-0.2, 0) is 9.53 Å². The van der Waals surface area contributed by atoms with Crippen LogP contribution in [0, 0.1) is 17.8 Å². The SMILES string of the molecule is CC(C)C.CC1CCOC2C(CNC2C(N)=O)C1. The molecule has 18 heavy (non-hydrogen) atoms. The van der Waals surface area contributed by atoms with Gasteiger partial charge in [-0.05, 0) is 30.6 Å². The molecule has 4 unspecified atom stereocenters. The lowest BCUT2D eigenvalue weighted by Crippen LogP contribution is -2.44. The van der Waals surface area contributed by atoms with E-state index in [0.717, 1.165) is 31.9 Å². The second-order valence-electron chi connectivity index (χ2n) is 6.25. The molecule has 2 heterocycles. The first-order chi connectivity index (χ1) is 8.41. The summed E-state index contributed by atoms with van der Waals surface area (Å²) in [4.78, 5) is 11.1. The fraction of sp³-hybridized carbons (Fsp3) is 0.929. The summed E-state index contributed by atoms with van der Waals surface area (Å²) < 4.78 is 5.71. The number of carbonyl (C=O) groups is 1. The van der Waals surface area contributed by atoms with Gasteiger partial charge < -0.3 is 15.8 Å². The standard InChI is InChI=1S/C10H18N2O2.C4H10/c1-6-2-3-14-9-7(4-6)5-12-8(9)10(11)13;1-4(2)3/h6-9,12H,2-5H2,1H3,(H2,11,13);4H,1-3H3. The average Bonchev–Trinajstić information content (AvgIpc) is 2.52. The molecule has 4 heteroatoms. The minimum atomic E-state index is -0.285. The zero-order valence-electron chi connectivity index (χ0n) is 12.1. The van der Waals surface area contributed by atoms with E-state index in [4.69, 9.17) is 10.5 Å². The molecule has 2 aliphatic rings. The lowest BCUT2D eigenvalue weighted by atomic mass is 9.91. The third-order valence-electron chi connectivity index (χ3n) is 3.33. The molecule has 3 N–H and O–H groups in total. The Morgan fingerprint density at radius 3 is 2.56 bits per heavy atom. The summed E-state index contributed by atoms with van der Waals surface area (Å²) in [7, 11) is 0. The van der Waals surface area contributed by atoms with Crippen LogP contribution in [0.1, 0.15) is 40.5 Å². The van der Waals surface area contributed by atoms with Crippen LogP contribution in [0.3, 0.4) is 0 Å². The second kappa shape index (κ2) is 7.10. The van der Waals surface area contributed by atoms with E-state index < -0.39 is 0 Å². The normalized spacial score (nSPS) is 35.4. The number of primary amides is 1. The number of amides is 1. The second-order valence-corrected chi connectivity index (χ2v) is 6.25. The molecule has 0 aliphatic carbocycles. The monoisotopic (exact) mass is 256 g/mol. The number of rotatable bonds is 1. The first-order valence-electron chi connectivity index (χ1n) is 7.06. The van der Waals surface area contributed by atoms with E-state index in [1.807, 2.05) is 0 Å². The van der Waals surface area contributed by atoms with Crippen LogP contribution in [0.15, 0.2) is 0 Å². The fourth-order valence-corrected chi connectivity index (χ4v) is 2.54. The average molecular weight is 256 g/mol. The Morgan fingerprint density at radius 2 is 2.00 bits per heavy atom. The van der Waals surface area contributed by atoms with E-state index in [1.165, 1.54) is 0 Å². The van der Waals surface area contributed by atoms with Crippen molar-refractivity contribution in [1.82, 2.24) is 5.32 Å². The van der Waals surface area contributed by atoms with Crippen LogP contribution in [0.25, 0.3) is 0 Å². The minimum absolute atomic E-state index is 0.0115. The van der Waals surface area contributed by atoms with Crippen molar-refractivity contribution in [2.75, 3.05) is 13.2 Å². The number of hydrogen-bond acceptors (Lipinski definition) is 3. The van der Waals surface area contributed by atoms with E-state index >= 15 is 0 Å². The molecule has 2 saturated heterocycles. The van der Waals surface area contributed by atoms with Crippen molar-refractivity contribution < 1.29 is 9.53 Å². The molecule has 0 aromatic rings. The van der Waals surface area contributed by atoms with Gasteiger partial charge in [0.15, 0.2) is 0 Å².